The Hall–Kier alpha value is -2.21. The molecule has 1 aromatic carbocycles. The molecule has 0 bridgehead atoms. The highest BCUT2D eigenvalue weighted by molar-refractivity contribution is 5.79. The van der Waals surface area contributed by atoms with E-state index in [4.69, 9.17) is 4.52 Å². The quantitative estimate of drug-likeness (QED) is 0.842. The van der Waals surface area contributed by atoms with Gasteiger partial charge in [-0.25, -0.2) is 0 Å². The fourth-order valence-corrected chi connectivity index (χ4v) is 3.27. The van der Waals surface area contributed by atoms with Crippen LogP contribution in [0.5, 0.6) is 0 Å². The number of carbonyl (C=O) groups excluding carboxylic acids is 1. The monoisotopic (exact) mass is 370 g/mol. The molecule has 27 heavy (non-hydrogen) atoms. The standard InChI is InChI=1S/C21H30N4O2/c1-5-21(3,4)23-20(26)17-7-6-12-25(13-17)14-18-22-19(24-27-18)16-10-8-15(2)9-11-16/h8-11,17H,5-7,12-14H2,1-4H3,(H,23,26). The molecule has 1 atom stereocenters. The minimum absolute atomic E-state index is 0.0177. The van der Waals surface area contributed by atoms with Crippen LogP contribution in [0.15, 0.2) is 28.8 Å². The van der Waals surface area contributed by atoms with Crippen LogP contribution >= 0.6 is 0 Å². The first-order chi connectivity index (χ1) is 12.9. The number of hydrogen-bond acceptors (Lipinski definition) is 5. The highest BCUT2D eigenvalue weighted by Crippen LogP contribution is 2.21. The average Bonchev–Trinajstić information content (AvgIpc) is 3.10. The zero-order chi connectivity index (χ0) is 19.4. The van der Waals surface area contributed by atoms with Gasteiger partial charge in [-0.2, -0.15) is 4.98 Å². The predicted octanol–water partition coefficient (Wildman–Crippen LogP) is 3.56. The van der Waals surface area contributed by atoms with E-state index in [2.05, 4.69) is 48.1 Å². The van der Waals surface area contributed by atoms with Gasteiger partial charge >= 0.3 is 0 Å². The van der Waals surface area contributed by atoms with Crippen molar-refractivity contribution < 1.29 is 9.32 Å². The number of rotatable bonds is 6. The second-order valence-electron chi connectivity index (χ2n) is 8.18. The summed E-state index contributed by atoms with van der Waals surface area (Å²) in [6.45, 7) is 10.5. The average molecular weight is 370 g/mol. The number of aryl methyl sites for hydroxylation is 1. The Bertz CT molecular complexity index is 767. The molecular weight excluding hydrogens is 340 g/mol. The summed E-state index contributed by atoms with van der Waals surface area (Å²) in [5, 5.41) is 7.28. The van der Waals surface area contributed by atoms with Crippen LogP contribution in [0, 0.1) is 12.8 Å². The molecule has 1 fully saturated rings. The van der Waals surface area contributed by atoms with Gasteiger partial charge in [0, 0.05) is 17.6 Å². The van der Waals surface area contributed by atoms with Gasteiger partial charge in [0.2, 0.25) is 17.6 Å². The minimum atomic E-state index is -0.158. The third-order valence-corrected chi connectivity index (χ3v) is 5.36. The van der Waals surface area contributed by atoms with Crippen molar-refractivity contribution in [2.45, 2.75) is 59.0 Å². The molecule has 2 heterocycles. The molecule has 0 spiro atoms. The Morgan fingerprint density at radius 2 is 2.07 bits per heavy atom. The number of benzene rings is 1. The van der Waals surface area contributed by atoms with E-state index in [1.165, 1.54) is 5.56 Å². The number of hydrogen-bond donors (Lipinski definition) is 1. The van der Waals surface area contributed by atoms with Crippen molar-refractivity contribution in [3.8, 4) is 11.4 Å². The summed E-state index contributed by atoms with van der Waals surface area (Å²) in [4.78, 5) is 19.4. The first-order valence-electron chi connectivity index (χ1n) is 9.80. The van der Waals surface area contributed by atoms with Gasteiger partial charge < -0.3 is 9.84 Å². The SMILES string of the molecule is CCC(C)(C)NC(=O)C1CCCN(Cc2nc(-c3ccc(C)cc3)no2)C1. The lowest BCUT2D eigenvalue weighted by Gasteiger charge is -2.33. The summed E-state index contributed by atoms with van der Waals surface area (Å²) in [5.41, 5.74) is 1.99. The Morgan fingerprint density at radius 1 is 1.33 bits per heavy atom. The van der Waals surface area contributed by atoms with E-state index in [0.29, 0.717) is 18.3 Å². The van der Waals surface area contributed by atoms with Crippen LogP contribution in [0.4, 0.5) is 0 Å². The summed E-state index contributed by atoms with van der Waals surface area (Å²) in [7, 11) is 0. The molecule has 0 radical (unpaired) electrons. The molecule has 1 N–H and O–H groups in total. The second-order valence-corrected chi connectivity index (χ2v) is 8.18. The summed E-state index contributed by atoms with van der Waals surface area (Å²) < 4.78 is 5.44. The lowest BCUT2D eigenvalue weighted by molar-refractivity contribution is -0.128. The molecule has 1 saturated heterocycles. The molecule has 2 aromatic rings. The van der Waals surface area contributed by atoms with Crippen molar-refractivity contribution in [3.63, 3.8) is 0 Å². The van der Waals surface area contributed by atoms with Crippen LogP contribution in [0.2, 0.25) is 0 Å². The molecule has 6 nitrogen and oxygen atoms in total. The third kappa shape index (κ3) is 5.16. The number of likely N-dealkylation sites (tertiary alicyclic amines) is 1. The van der Waals surface area contributed by atoms with E-state index in [0.717, 1.165) is 37.9 Å². The van der Waals surface area contributed by atoms with E-state index < -0.39 is 0 Å². The van der Waals surface area contributed by atoms with E-state index in [9.17, 15) is 4.79 Å². The molecular formula is C21H30N4O2. The van der Waals surface area contributed by atoms with Gasteiger partial charge in [0.05, 0.1) is 12.5 Å². The summed E-state index contributed by atoms with van der Waals surface area (Å²) in [6, 6.07) is 8.08. The van der Waals surface area contributed by atoms with Crippen LogP contribution in [0.3, 0.4) is 0 Å². The summed E-state index contributed by atoms with van der Waals surface area (Å²) in [6.07, 6.45) is 2.85. The zero-order valence-corrected chi connectivity index (χ0v) is 16.8. The molecule has 0 aliphatic carbocycles. The Balaban J connectivity index is 1.59. The number of carbonyl (C=O) groups is 1. The molecule has 1 aromatic heterocycles. The number of amides is 1. The first-order valence-corrected chi connectivity index (χ1v) is 9.80. The van der Waals surface area contributed by atoms with E-state index in [1.807, 2.05) is 24.3 Å². The highest BCUT2D eigenvalue weighted by Gasteiger charge is 2.29. The van der Waals surface area contributed by atoms with Crippen molar-refractivity contribution in [1.82, 2.24) is 20.4 Å². The van der Waals surface area contributed by atoms with Crippen LogP contribution in [-0.4, -0.2) is 39.6 Å². The summed E-state index contributed by atoms with van der Waals surface area (Å²) in [5.74, 6) is 1.38. The third-order valence-electron chi connectivity index (χ3n) is 5.36. The number of nitrogens with one attached hydrogen (secondary N) is 1. The highest BCUT2D eigenvalue weighted by atomic mass is 16.5. The fourth-order valence-electron chi connectivity index (χ4n) is 3.27. The Morgan fingerprint density at radius 3 is 2.78 bits per heavy atom. The van der Waals surface area contributed by atoms with Gasteiger partial charge in [-0.05, 0) is 46.6 Å². The van der Waals surface area contributed by atoms with Gasteiger partial charge in [0.25, 0.3) is 0 Å². The molecule has 146 valence electrons. The predicted molar refractivity (Wildman–Crippen MR) is 105 cm³/mol. The van der Waals surface area contributed by atoms with Crippen molar-refractivity contribution in [1.29, 1.82) is 0 Å². The molecule has 1 unspecified atom stereocenters. The van der Waals surface area contributed by atoms with Gasteiger partial charge in [-0.3, -0.25) is 9.69 Å². The van der Waals surface area contributed by atoms with Crippen molar-refractivity contribution in [2.24, 2.45) is 5.92 Å². The maximum absolute atomic E-state index is 12.6. The maximum Gasteiger partial charge on any atom is 0.241 e. The first kappa shape index (κ1) is 19.5. The zero-order valence-electron chi connectivity index (χ0n) is 16.8. The van der Waals surface area contributed by atoms with Crippen LogP contribution in [0.25, 0.3) is 11.4 Å². The van der Waals surface area contributed by atoms with E-state index in [-0.39, 0.29) is 17.4 Å². The fraction of sp³-hybridized carbons (Fsp3) is 0.571. The van der Waals surface area contributed by atoms with Gasteiger partial charge in [0.1, 0.15) is 0 Å². The van der Waals surface area contributed by atoms with Gasteiger partial charge in [0.15, 0.2) is 0 Å². The van der Waals surface area contributed by atoms with Crippen LogP contribution < -0.4 is 5.32 Å². The normalized spacial score (nSPS) is 18.4. The van der Waals surface area contributed by atoms with Crippen LogP contribution in [0.1, 0.15) is 51.5 Å². The van der Waals surface area contributed by atoms with Crippen molar-refractivity contribution in [3.05, 3.63) is 35.7 Å². The molecule has 1 aliphatic heterocycles. The molecule has 6 heteroatoms. The van der Waals surface area contributed by atoms with Crippen molar-refractivity contribution in [2.75, 3.05) is 13.1 Å². The summed E-state index contributed by atoms with van der Waals surface area (Å²) >= 11 is 0. The second kappa shape index (κ2) is 8.21. The topological polar surface area (TPSA) is 71.3 Å². The minimum Gasteiger partial charge on any atom is -0.351 e. The number of nitrogens with zero attached hydrogens (tertiary/aromatic N) is 3. The van der Waals surface area contributed by atoms with Crippen molar-refractivity contribution >= 4 is 5.91 Å². The van der Waals surface area contributed by atoms with Gasteiger partial charge in [-0.15, -0.1) is 0 Å². The maximum atomic E-state index is 12.6. The van der Waals surface area contributed by atoms with E-state index in [1.54, 1.807) is 0 Å². The smallest absolute Gasteiger partial charge is 0.241 e. The number of piperidine rings is 1. The molecule has 3 rings (SSSR count). The Labute approximate surface area is 161 Å². The van der Waals surface area contributed by atoms with Crippen LogP contribution in [-0.2, 0) is 11.3 Å². The lowest BCUT2D eigenvalue weighted by Crippen LogP contribution is -2.49. The largest absolute Gasteiger partial charge is 0.351 e. The molecule has 0 saturated carbocycles. The molecule has 1 aliphatic rings. The number of aromatic nitrogens is 2. The van der Waals surface area contributed by atoms with E-state index >= 15 is 0 Å². The molecule has 1 amide bonds. The van der Waals surface area contributed by atoms with Gasteiger partial charge in [-0.1, -0.05) is 41.9 Å². The Kier molecular flexibility index (Phi) is 5.95. The lowest BCUT2D eigenvalue weighted by atomic mass is 9.94.